The number of hydrogen-bond acceptors (Lipinski definition) is 2. The molecule has 3 heteroatoms. The molecule has 132 valence electrons. The molecule has 0 unspecified atom stereocenters. The van der Waals surface area contributed by atoms with Gasteiger partial charge in [-0.05, 0) is 71.2 Å². The van der Waals surface area contributed by atoms with Gasteiger partial charge in [0.2, 0.25) is 0 Å². The molecule has 0 saturated heterocycles. The van der Waals surface area contributed by atoms with E-state index in [-0.39, 0.29) is 0 Å². The van der Waals surface area contributed by atoms with Crippen molar-refractivity contribution in [2.24, 2.45) is 0 Å². The highest BCUT2D eigenvalue weighted by Gasteiger charge is 2.07. The Kier molecular flexibility index (Phi) is 4.06. The predicted octanol–water partition coefficient (Wildman–Crippen LogP) is 4.90. The highest BCUT2D eigenvalue weighted by Crippen LogP contribution is 2.21. The summed E-state index contributed by atoms with van der Waals surface area (Å²) in [5.41, 5.74) is 7.69. The molecule has 27 heavy (non-hydrogen) atoms. The van der Waals surface area contributed by atoms with E-state index in [0.29, 0.717) is 0 Å². The zero-order valence-electron chi connectivity index (χ0n) is 15.2. The van der Waals surface area contributed by atoms with Crippen LogP contribution in [0.15, 0.2) is 67.0 Å². The number of aromatic nitrogens is 3. The van der Waals surface area contributed by atoms with Crippen LogP contribution >= 0.6 is 0 Å². The summed E-state index contributed by atoms with van der Waals surface area (Å²) in [5, 5.41) is 1.23. The zero-order valence-corrected chi connectivity index (χ0v) is 15.2. The topological polar surface area (TPSA) is 41.6 Å². The lowest BCUT2D eigenvalue weighted by Gasteiger charge is -2.06. The molecule has 0 fully saturated rings. The monoisotopic (exact) mass is 351 g/mol. The van der Waals surface area contributed by atoms with E-state index in [1.54, 1.807) is 0 Å². The summed E-state index contributed by atoms with van der Waals surface area (Å²) in [6.45, 7) is 0. The summed E-state index contributed by atoms with van der Waals surface area (Å²) in [4.78, 5) is 12.5. The molecule has 0 amide bonds. The van der Waals surface area contributed by atoms with Crippen LogP contribution in [0.3, 0.4) is 0 Å². The fourth-order valence-electron chi connectivity index (χ4n) is 3.79. The molecule has 0 radical (unpaired) electrons. The largest absolute Gasteiger partial charge is 0.361 e. The summed E-state index contributed by atoms with van der Waals surface area (Å²) >= 11 is 0. The molecular formula is C24H21N3. The van der Waals surface area contributed by atoms with Gasteiger partial charge in [-0.1, -0.05) is 36.4 Å². The van der Waals surface area contributed by atoms with Crippen molar-refractivity contribution in [3.05, 3.63) is 101 Å². The maximum absolute atomic E-state index is 4.79. The molecule has 0 saturated carbocycles. The Balaban J connectivity index is 1.29. The minimum absolute atomic E-state index is 0.762. The van der Waals surface area contributed by atoms with Gasteiger partial charge in [0.1, 0.15) is 5.82 Å². The molecule has 2 aromatic carbocycles. The number of H-pyrrole nitrogens is 1. The second-order valence-corrected chi connectivity index (χ2v) is 7.18. The third-order valence-electron chi connectivity index (χ3n) is 5.26. The minimum Gasteiger partial charge on any atom is -0.361 e. The van der Waals surface area contributed by atoms with E-state index >= 15 is 0 Å². The lowest BCUT2D eigenvalue weighted by Crippen LogP contribution is -2.02. The van der Waals surface area contributed by atoms with Crippen LogP contribution in [0.5, 0.6) is 0 Å². The average molecular weight is 351 g/mol. The molecule has 5 rings (SSSR count). The van der Waals surface area contributed by atoms with Crippen molar-refractivity contribution in [3.8, 4) is 0 Å². The van der Waals surface area contributed by atoms with E-state index in [0.717, 1.165) is 42.7 Å². The minimum atomic E-state index is 0.762. The number of fused-ring (bicyclic) bond motifs is 2. The lowest BCUT2D eigenvalue weighted by molar-refractivity contribution is 0.859. The van der Waals surface area contributed by atoms with Gasteiger partial charge in [-0.25, -0.2) is 9.97 Å². The van der Waals surface area contributed by atoms with Crippen molar-refractivity contribution >= 4 is 17.0 Å². The van der Waals surface area contributed by atoms with Gasteiger partial charge in [0.25, 0.3) is 0 Å². The lowest BCUT2D eigenvalue weighted by atomic mass is 10.0. The van der Waals surface area contributed by atoms with Crippen LogP contribution in [-0.2, 0) is 25.7 Å². The molecule has 2 aromatic heterocycles. The van der Waals surface area contributed by atoms with E-state index < -0.39 is 0 Å². The summed E-state index contributed by atoms with van der Waals surface area (Å²) in [5.74, 6) is 0.888. The number of aryl methyl sites for hydroxylation is 2. The first-order chi connectivity index (χ1) is 13.3. The molecule has 0 aliphatic heterocycles. The Morgan fingerprint density at radius 2 is 1.89 bits per heavy atom. The smallest absolute Gasteiger partial charge is 0.132 e. The molecule has 1 aliphatic rings. The predicted molar refractivity (Wildman–Crippen MR) is 110 cm³/mol. The van der Waals surface area contributed by atoms with E-state index in [2.05, 4.69) is 64.6 Å². The molecule has 0 spiro atoms. The number of aromatic amines is 1. The summed E-state index contributed by atoms with van der Waals surface area (Å²) in [6.07, 6.45) is 12.1. The summed E-state index contributed by atoms with van der Waals surface area (Å²) in [6, 6.07) is 17.4. The van der Waals surface area contributed by atoms with Gasteiger partial charge in [-0.2, -0.15) is 0 Å². The van der Waals surface area contributed by atoms with E-state index in [9.17, 15) is 0 Å². The quantitative estimate of drug-likeness (QED) is 0.555. The van der Waals surface area contributed by atoms with E-state index in [1.165, 1.54) is 27.6 Å². The van der Waals surface area contributed by atoms with Gasteiger partial charge in [-0.15, -0.1) is 0 Å². The Hall–Kier alpha value is -3.20. The SMILES string of the molecule is C1=Cc2cc(CCc3ccnc(Cc4ccc5[nH]ccc5c4)n3)ccc2C1. The van der Waals surface area contributed by atoms with Crippen molar-refractivity contribution in [2.75, 3.05) is 0 Å². The first-order valence-corrected chi connectivity index (χ1v) is 9.49. The Labute approximate surface area is 158 Å². The fraction of sp³-hybridized carbons (Fsp3) is 0.167. The maximum atomic E-state index is 4.79. The molecule has 2 heterocycles. The van der Waals surface area contributed by atoms with Gasteiger partial charge in [0.15, 0.2) is 0 Å². The van der Waals surface area contributed by atoms with Crippen molar-refractivity contribution < 1.29 is 0 Å². The van der Waals surface area contributed by atoms with Crippen LogP contribution in [0.25, 0.3) is 17.0 Å². The third-order valence-corrected chi connectivity index (χ3v) is 5.26. The molecule has 0 bridgehead atoms. The highest BCUT2D eigenvalue weighted by molar-refractivity contribution is 5.79. The highest BCUT2D eigenvalue weighted by atomic mass is 14.9. The van der Waals surface area contributed by atoms with Gasteiger partial charge >= 0.3 is 0 Å². The molecule has 0 atom stereocenters. The van der Waals surface area contributed by atoms with Crippen molar-refractivity contribution in [3.63, 3.8) is 0 Å². The first-order valence-electron chi connectivity index (χ1n) is 9.49. The number of benzene rings is 2. The van der Waals surface area contributed by atoms with Gasteiger partial charge in [-0.3, -0.25) is 0 Å². The van der Waals surface area contributed by atoms with E-state index in [1.807, 2.05) is 18.5 Å². The molecule has 1 aliphatic carbocycles. The van der Waals surface area contributed by atoms with Crippen molar-refractivity contribution in [1.29, 1.82) is 0 Å². The zero-order chi connectivity index (χ0) is 18.1. The Morgan fingerprint density at radius 3 is 2.89 bits per heavy atom. The van der Waals surface area contributed by atoms with Gasteiger partial charge < -0.3 is 4.98 Å². The number of rotatable bonds is 5. The fourth-order valence-corrected chi connectivity index (χ4v) is 3.79. The van der Waals surface area contributed by atoms with Crippen molar-refractivity contribution in [2.45, 2.75) is 25.7 Å². The Morgan fingerprint density at radius 1 is 0.926 bits per heavy atom. The number of nitrogens with one attached hydrogen (secondary N) is 1. The van der Waals surface area contributed by atoms with Crippen LogP contribution in [-0.4, -0.2) is 15.0 Å². The molecular weight excluding hydrogens is 330 g/mol. The van der Waals surface area contributed by atoms with Crippen LogP contribution < -0.4 is 0 Å². The molecule has 3 nitrogen and oxygen atoms in total. The average Bonchev–Trinajstić information content (AvgIpc) is 3.35. The molecule has 1 N–H and O–H groups in total. The first kappa shape index (κ1) is 16.0. The van der Waals surface area contributed by atoms with Gasteiger partial charge in [0, 0.05) is 30.0 Å². The second-order valence-electron chi connectivity index (χ2n) is 7.18. The number of allylic oxidation sites excluding steroid dienone is 1. The number of hydrogen-bond donors (Lipinski definition) is 1. The van der Waals surface area contributed by atoms with Crippen LogP contribution in [0.4, 0.5) is 0 Å². The normalized spacial score (nSPS) is 12.6. The second kappa shape index (κ2) is 6.84. The van der Waals surface area contributed by atoms with Crippen molar-refractivity contribution in [1.82, 2.24) is 15.0 Å². The van der Waals surface area contributed by atoms with E-state index in [4.69, 9.17) is 4.98 Å². The number of nitrogens with zero attached hydrogens (tertiary/aromatic N) is 2. The maximum Gasteiger partial charge on any atom is 0.132 e. The third kappa shape index (κ3) is 3.41. The Bertz CT molecular complexity index is 1140. The molecule has 4 aromatic rings. The summed E-state index contributed by atoms with van der Waals surface area (Å²) in [7, 11) is 0. The standard InChI is InChI=1S/C24H21N3/c1-2-19-7-4-17(14-20(19)3-1)5-8-22-11-13-26-24(27-22)16-18-6-9-23-21(15-18)10-12-25-23/h1,3-4,6-7,9-15,25H,2,5,8,16H2. The van der Waals surface area contributed by atoms with Crippen LogP contribution in [0.2, 0.25) is 0 Å². The van der Waals surface area contributed by atoms with Crippen LogP contribution in [0, 0.1) is 0 Å². The van der Waals surface area contributed by atoms with Gasteiger partial charge in [0.05, 0.1) is 0 Å². The summed E-state index contributed by atoms with van der Waals surface area (Å²) < 4.78 is 0. The van der Waals surface area contributed by atoms with Crippen LogP contribution in [0.1, 0.15) is 33.8 Å².